The molecule has 0 aliphatic carbocycles. The second-order valence-corrected chi connectivity index (χ2v) is 9.56. The van der Waals surface area contributed by atoms with E-state index in [1.165, 1.54) is 30.7 Å². The first-order chi connectivity index (χ1) is 15.8. The minimum absolute atomic E-state index is 0.189. The van der Waals surface area contributed by atoms with Gasteiger partial charge in [-0.3, -0.25) is 9.59 Å². The fraction of sp³-hybridized carbons (Fsp3) is 0.391. The molecule has 1 atom stereocenters. The number of benzene rings is 2. The van der Waals surface area contributed by atoms with Gasteiger partial charge in [0.25, 0.3) is 0 Å². The van der Waals surface area contributed by atoms with Crippen molar-refractivity contribution < 1.29 is 27.5 Å². The lowest BCUT2D eigenvalue weighted by atomic mass is 10.0. The van der Waals surface area contributed by atoms with Crippen LogP contribution in [0.3, 0.4) is 0 Å². The van der Waals surface area contributed by atoms with Crippen LogP contribution in [0.25, 0.3) is 0 Å². The minimum atomic E-state index is -3.67. The quantitative estimate of drug-likeness (QED) is 0.567. The van der Waals surface area contributed by atoms with E-state index in [0.717, 1.165) is 12.8 Å². The third kappa shape index (κ3) is 6.23. The number of piperidine rings is 1. The molecular weight excluding hydrogens is 446 g/mol. The number of methoxy groups -OCH3 is 2. The zero-order valence-corrected chi connectivity index (χ0v) is 19.6. The summed E-state index contributed by atoms with van der Waals surface area (Å²) in [6.07, 6.45) is 2.80. The molecule has 2 aromatic rings. The first-order valence-corrected chi connectivity index (χ1v) is 12.2. The molecule has 0 radical (unpaired) electrons. The Morgan fingerprint density at radius 3 is 2.15 bits per heavy atom. The number of nitrogens with zero attached hydrogens (tertiary/aromatic N) is 1. The van der Waals surface area contributed by atoms with Gasteiger partial charge in [0.2, 0.25) is 10.0 Å². The Labute approximate surface area is 194 Å². The molecule has 1 saturated heterocycles. The maximum Gasteiger partial charge on any atom is 0.313 e. The average molecular weight is 476 g/mol. The molecule has 10 heteroatoms. The van der Waals surface area contributed by atoms with E-state index in [9.17, 15) is 18.0 Å². The average Bonchev–Trinajstić information content (AvgIpc) is 2.84. The van der Waals surface area contributed by atoms with Crippen LogP contribution >= 0.6 is 0 Å². The van der Waals surface area contributed by atoms with Crippen molar-refractivity contribution in [2.45, 2.75) is 36.6 Å². The van der Waals surface area contributed by atoms with Crippen molar-refractivity contribution >= 4 is 27.5 Å². The number of nitrogens with one attached hydrogen (secondary N) is 2. The van der Waals surface area contributed by atoms with Gasteiger partial charge in [0.15, 0.2) is 0 Å². The summed E-state index contributed by atoms with van der Waals surface area (Å²) in [6, 6.07) is 12.7. The molecule has 1 aliphatic rings. The Morgan fingerprint density at radius 2 is 1.55 bits per heavy atom. The topological polar surface area (TPSA) is 114 Å². The third-order valence-corrected chi connectivity index (χ3v) is 7.52. The van der Waals surface area contributed by atoms with E-state index in [1.54, 1.807) is 36.4 Å². The lowest BCUT2D eigenvalue weighted by molar-refractivity contribution is -0.136. The van der Waals surface area contributed by atoms with Crippen molar-refractivity contribution in [1.82, 2.24) is 9.62 Å². The predicted octanol–water partition coefficient (Wildman–Crippen LogP) is 2.39. The van der Waals surface area contributed by atoms with Crippen LogP contribution in [0.1, 0.15) is 25.7 Å². The molecule has 2 aromatic carbocycles. The summed E-state index contributed by atoms with van der Waals surface area (Å²) >= 11 is 0. The number of rotatable bonds is 8. The van der Waals surface area contributed by atoms with Crippen molar-refractivity contribution in [1.29, 1.82) is 0 Å². The highest BCUT2D eigenvalue weighted by Crippen LogP contribution is 2.28. The van der Waals surface area contributed by atoms with Crippen LogP contribution in [0.5, 0.6) is 11.5 Å². The van der Waals surface area contributed by atoms with E-state index in [2.05, 4.69) is 10.6 Å². The van der Waals surface area contributed by atoms with Gasteiger partial charge in [-0.05, 0) is 67.8 Å². The summed E-state index contributed by atoms with van der Waals surface area (Å²) in [5.74, 6) is -0.337. The third-order valence-electron chi connectivity index (χ3n) is 5.56. The number of carbonyl (C=O) groups is 2. The molecular formula is C23H29N3O6S. The second kappa shape index (κ2) is 11.2. The maximum absolute atomic E-state index is 13.2. The SMILES string of the molecule is COc1ccc(NC(=O)C(=O)NCCC2CCCCN2S(=O)(=O)c2ccc(OC)cc2)cc1. The summed E-state index contributed by atoms with van der Waals surface area (Å²) in [5, 5.41) is 5.11. The smallest absolute Gasteiger partial charge is 0.313 e. The molecule has 0 spiro atoms. The minimum Gasteiger partial charge on any atom is -0.497 e. The Morgan fingerprint density at radius 1 is 0.939 bits per heavy atom. The molecule has 1 heterocycles. The zero-order chi connectivity index (χ0) is 23.8. The van der Waals surface area contributed by atoms with Gasteiger partial charge >= 0.3 is 11.8 Å². The number of hydrogen-bond acceptors (Lipinski definition) is 6. The first-order valence-electron chi connectivity index (χ1n) is 10.7. The van der Waals surface area contributed by atoms with Crippen LogP contribution in [0.15, 0.2) is 53.4 Å². The van der Waals surface area contributed by atoms with E-state index in [4.69, 9.17) is 9.47 Å². The highest BCUT2D eigenvalue weighted by Gasteiger charge is 2.33. The standard InChI is InChI=1S/C23H29N3O6S/c1-31-19-8-6-17(7-9-19)25-23(28)22(27)24-15-14-18-5-3-4-16-26(18)33(29,30)21-12-10-20(32-2)11-13-21/h6-13,18H,3-5,14-16H2,1-2H3,(H,24,27)(H,25,28). The fourth-order valence-corrected chi connectivity index (χ4v) is 5.48. The first kappa shape index (κ1) is 24.5. The van der Waals surface area contributed by atoms with Crippen molar-refractivity contribution in [2.75, 3.05) is 32.6 Å². The van der Waals surface area contributed by atoms with E-state index < -0.39 is 21.8 Å². The molecule has 2 N–H and O–H groups in total. The Hall–Kier alpha value is -3.11. The van der Waals surface area contributed by atoms with Gasteiger partial charge in [-0.15, -0.1) is 0 Å². The largest absolute Gasteiger partial charge is 0.497 e. The molecule has 0 saturated carbocycles. The van der Waals surface area contributed by atoms with E-state index in [1.807, 2.05) is 0 Å². The maximum atomic E-state index is 13.2. The van der Waals surface area contributed by atoms with Gasteiger partial charge in [-0.2, -0.15) is 4.31 Å². The lowest BCUT2D eigenvalue weighted by Crippen LogP contribution is -2.45. The molecule has 1 unspecified atom stereocenters. The van der Waals surface area contributed by atoms with Gasteiger partial charge in [-0.1, -0.05) is 6.42 Å². The monoisotopic (exact) mass is 475 g/mol. The Balaban J connectivity index is 1.56. The molecule has 0 aromatic heterocycles. The fourth-order valence-electron chi connectivity index (χ4n) is 3.76. The van der Waals surface area contributed by atoms with Gasteiger partial charge in [0, 0.05) is 24.8 Å². The normalized spacial score (nSPS) is 16.6. The molecule has 2 amide bonds. The van der Waals surface area contributed by atoms with Gasteiger partial charge in [0.05, 0.1) is 19.1 Å². The van der Waals surface area contributed by atoms with Gasteiger partial charge < -0.3 is 20.1 Å². The number of amides is 2. The van der Waals surface area contributed by atoms with Crippen molar-refractivity contribution in [3.8, 4) is 11.5 Å². The number of hydrogen-bond donors (Lipinski definition) is 2. The van der Waals surface area contributed by atoms with Crippen LogP contribution in [0, 0.1) is 0 Å². The second-order valence-electron chi connectivity index (χ2n) is 7.67. The van der Waals surface area contributed by atoms with Crippen LogP contribution in [0.2, 0.25) is 0 Å². The summed E-state index contributed by atoms with van der Waals surface area (Å²) in [5.41, 5.74) is 0.472. The molecule has 1 aliphatic heterocycles. The number of anilines is 1. The van der Waals surface area contributed by atoms with E-state index >= 15 is 0 Å². The molecule has 1 fully saturated rings. The van der Waals surface area contributed by atoms with E-state index in [0.29, 0.717) is 36.6 Å². The lowest BCUT2D eigenvalue weighted by Gasteiger charge is -2.34. The number of sulfonamides is 1. The van der Waals surface area contributed by atoms with Crippen molar-refractivity contribution in [3.63, 3.8) is 0 Å². The Bertz CT molecular complexity index is 1050. The van der Waals surface area contributed by atoms with Gasteiger partial charge in [0.1, 0.15) is 11.5 Å². The number of ether oxygens (including phenoxy) is 2. The molecule has 33 heavy (non-hydrogen) atoms. The van der Waals surface area contributed by atoms with Crippen LogP contribution in [0.4, 0.5) is 5.69 Å². The molecule has 3 rings (SSSR count). The summed E-state index contributed by atoms with van der Waals surface area (Å²) in [6.45, 7) is 0.610. The van der Waals surface area contributed by atoms with Crippen molar-refractivity contribution in [2.24, 2.45) is 0 Å². The molecule has 9 nitrogen and oxygen atoms in total. The summed E-state index contributed by atoms with van der Waals surface area (Å²) < 4.78 is 38.0. The summed E-state index contributed by atoms with van der Waals surface area (Å²) in [7, 11) is -0.612. The zero-order valence-electron chi connectivity index (χ0n) is 18.7. The van der Waals surface area contributed by atoms with Crippen LogP contribution < -0.4 is 20.1 Å². The summed E-state index contributed by atoms with van der Waals surface area (Å²) in [4.78, 5) is 24.5. The van der Waals surface area contributed by atoms with Crippen LogP contribution in [-0.2, 0) is 19.6 Å². The molecule has 178 valence electrons. The predicted molar refractivity (Wildman–Crippen MR) is 124 cm³/mol. The molecule has 0 bridgehead atoms. The van der Waals surface area contributed by atoms with Gasteiger partial charge in [-0.25, -0.2) is 8.42 Å². The van der Waals surface area contributed by atoms with Crippen molar-refractivity contribution in [3.05, 3.63) is 48.5 Å². The van der Waals surface area contributed by atoms with Crippen LogP contribution in [-0.4, -0.2) is 57.9 Å². The highest BCUT2D eigenvalue weighted by atomic mass is 32.2. The Kier molecular flexibility index (Phi) is 8.29. The number of carbonyl (C=O) groups excluding carboxylic acids is 2. The van der Waals surface area contributed by atoms with E-state index in [-0.39, 0.29) is 17.5 Å². The highest BCUT2D eigenvalue weighted by molar-refractivity contribution is 7.89.